The van der Waals surface area contributed by atoms with Crippen molar-refractivity contribution < 1.29 is 9.13 Å². The van der Waals surface area contributed by atoms with Crippen molar-refractivity contribution in [3.63, 3.8) is 0 Å². The van der Waals surface area contributed by atoms with Gasteiger partial charge in [0.2, 0.25) is 0 Å². The zero-order valence-corrected chi connectivity index (χ0v) is 13.6. The summed E-state index contributed by atoms with van der Waals surface area (Å²) >= 11 is 9.35. The number of hydrogen-bond donors (Lipinski definition) is 1. The average Bonchev–Trinajstić information content (AvgIpc) is 2.79. The number of rotatable bonds is 2. The normalized spacial score (nSPS) is 23.8. The number of benzene rings is 1. The third-order valence-corrected chi connectivity index (χ3v) is 5.41. The third kappa shape index (κ3) is 2.06. The molecule has 0 fully saturated rings. The Morgan fingerprint density at radius 3 is 2.90 bits per heavy atom. The maximum Gasteiger partial charge on any atom is 0.169 e. The summed E-state index contributed by atoms with van der Waals surface area (Å²) in [7, 11) is 0. The van der Waals surface area contributed by atoms with E-state index >= 15 is 0 Å². The number of fused-ring (bicyclic) bond motifs is 1. The van der Waals surface area contributed by atoms with Crippen molar-refractivity contribution in [1.29, 1.82) is 0 Å². The number of halogens is 3. The molecule has 2 heterocycles. The first-order valence-corrected chi connectivity index (χ1v) is 7.66. The van der Waals surface area contributed by atoms with E-state index in [0.717, 1.165) is 11.3 Å². The zero-order chi connectivity index (χ0) is 15.2. The number of pyridine rings is 1. The molecule has 2 aromatic rings. The number of nitrogens with zero attached hydrogens (tertiary/aromatic N) is 1. The molecule has 21 heavy (non-hydrogen) atoms. The highest BCUT2D eigenvalue weighted by Crippen LogP contribution is 2.53. The Bertz CT molecular complexity index is 698. The van der Waals surface area contributed by atoms with Gasteiger partial charge in [-0.05, 0) is 28.1 Å². The second-order valence-electron chi connectivity index (χ2n) is 5.03. The molecule has 0 saturated carbocycles. The van der Waals surface area contributed by atoms with Crippen molar-refractivity contribution in [2.75, 3.05) is 6.54 Å². The van der Waals surface area contributed by atoms with Gasteiger partial charge < -0.3 is 10.5 Å². The van der Waals surface area contributed by atoms with Gasteiger partial charge in [0, 0.05) is 34.8 Å². The molecule has 3 rings (SSSR count). The summed E-state index contributed by atoms with van der Waals surface area (Å²) in [5.41, 5.74) is 6.71. The lowest BCUT2D eigenvalue weighted by Gasteiger charge is -2.31. The van der Waals surface area contributed by atoms with E-state index in [1.165, 1.54) is 6.07 Å². The molecule has 1 aromatic heterocycles. The van der Waals surface area contributed by atoms with E-state index in [1.807, 2.05) is 25.1 Å². The van der Waals surface area contributed by atoms with E-state index in [0.29, 0.717) is 10.2 Å². The van der Waals surface area contributed by atoms with Crippen molar-refractivity contribution in [2.24, 2.45) is 5.73 Å². The van der Waals surface area contributed by atoms with Gasteiger partial charge in [-0.15, -0.1) is 0 Å². The lowest BCUT2D eigenvalue weighted by Crippen LogP contribution is -2.42. The highest BCUT2D eigenvalue weighted by atomic mass is 79.9. The van der Waals surface area contributed by atoms with Crippen LogP contribution < -0.4 is 10.5 Å². The quantitative estimate of drug-likeness (QED) is 0.812. The Hall–Kier alpha value is -1.17. The summed E-state index contributed by atoms with van der Waals surface area (Å²) in [6, 6.07) is 6.87. The van der Waals surface area contributed by atoms with Crippen molar-refractivity contribution in [3.05, 3.63) is 57.0 Å². The first-order valence-electron chi connectivity index (χ1n) is 6.49. The van der Waals surface area contributed by atoms with Crippen LogP contribution in [0.3, 0.4) is 0 Å². The second-order valence-corrected chi connectivity index (χ2v) is 6.20. The van der Waals surface area contributed by atoms with E-state index in [2.05, 4.69) is 20.9 Å². The van der Waals surface area contributed by atoms with Crippen LogP contribution in [-0.2, 0) is 5.60 Å². The molecule has 0 radical (unpaired) electrons. The van der Waals surface area contributed by atoms with Crippen molar-refractivity contribution in [2.45, 2.75) is 18.4 Å². The fourth-order valence-electron chi connectivity index (χ4n) is 2.80. The fraction of sp³-hybridized carbons (Fsp3) is 0.267. The van der Waals surface area contributed by atoms with E-state index < -0.39 is 11.4 Å². The Morgan fingerprint density at radius 1 is 1.52 bits per heavy atom. The largest absolute Gasteiger partial charge is 0.479 e. The van der Waals surface area contributed by atoms with Crippen LogP contribution in [0.5, 0.6) is 5.75 Å². The Labute approximate surface area is 135 Å². The molecule has 0 aliphatic carbocycles. The number of aromatic nitrogens is 1. The molecule has 1 aliphatic rings. The van der Waals surface area contributed by atoms with Gasteiger partial charge in [-0.3, -0.25) is 4.98 Å². The smallest absolute Gasteiger partial charge is 0.169 e. The van der Waals surface area contributed by atoms with Gasteiger partial charge in [-0.2, -0.15) is 0 Å². The standard InChI is InChI=1S/C15H13BrClFN2O/c1-8-12-10(6-9(18)14(17)13(12)16)21-15(8,7-19)11-4-2-3-5-20-11/h2-6,8H,7,19H2,1H3/t8-,15-/m1/s1. The summed E-state index contributed by atoms with van der Waals surface area (Å²) in [6.07, 6.45) is 1.69. The zero-order valence-electron chi connectivity index (χ0n) is 11.2. The Balaban J connectivity index is 2.19. The molecule has 2 N–H and O–H groups in total. The maximum absolute atomic E-state index is 13.8. The lowest BCUT2D eigenvalue weighted by atomic mass is 9.83. The monoisotopic (exact) mass is 370 g/mol. The first kappa shape index (κ1) is 14.8. The average molecular weight is 372 g/mol. The lowest BCUT2D eigenvalue weighted by molar-refractivity contribution is 0.0752. The molecule has 1 aliphatic heterocycles. The molecule has 6 heteroatoms. The molecule has 0 bridgehead atoms. The number of ether oxygens (including phenoxy) is 1. The predicted octanol–water partition coefficient (Wildman–Crippen LogP) is 3.99. The molecule has 0 saturated heterocycles. The van der Waals surface area contributed by atoms with Crippen LogP contribution in [0.1, 0.15) is 24.1 Å². The van der Waals surface area contributed by atoms with Crippen LogP contribution in [0.25, 0.3) is 0 Å². The van der Waals surface area contributed by atoms with E-state index in [1.54, 1.807) is 6.20 Å². The molecular formula is C15H13BrClFN2O. The molecule has 0 amide bonds. The number of hydrogen-bond acceptors (Lipinski definition) is 3. The molecule has 1 aromatic carbocycles. The SMILES string of the molecule is C[C@@H]1c2c(cc(F)c(Cl)c2Br)O[C@@]1(CN)c1ccccn1. The Kier molecular flexibility index (Phi) is 3.67. The maximum atomic E-state index is 13.8. The molecular weight excluding hydrogens is 359 g/mol. The summed E-state index contributed by atoms with van der Waals surface area (Å²) in [5.74, 6) is -0.185. The van der Waals surface area contributed by atoms with Gasteiger partial charge >= 0.3 is 0 Å². The minimum absolute atomic E-state index is 0.0537. The molecule has 3 nitrogen and oxygen atoms in total. The second kappa shape index (κ2) is 5.23. The molecule has 2 atom stereocenters. The van der Waals surface area contributed by atoms with Crippen molar-refractivity contribution >= 4 is 27.5 Å². The molecule has 0 spiro atoms. The Morgan fingerprint density at radius 2 is 2.29 bits per heavy atom. The first-order chi connectivity index (χ1) is 10.0. The van der Waals surface area contributed by atoms with Gasteiger partial charge in [0.25, 0.3) is 0 Å². The van der Waals surface area contributed by atoms with Crippen LogP contribution >= 0.6 is 27.5 Å². The summed E-state index contributed by atoms with van der Waals surface area (Å²) in [5, 5.41) is 0.0537. The van der Waals surface area contributed by atoms with Crippen molar-refractivity contribution in [1.82, 2.24) is 4.98 Å². The van der Waals surface area contributed by atoms with Gasteiger partial charge in [0.1, 0.15) is 11.6 Å². The molecule has 110 valence electrons. The van der Waals surface area contributed by atoms with Crippen LogP contribution in [-0.4, -0.2) is 11.5 Å². The van der Waals surface area contributed by atoms with Crippen LogP contribution in [0.4, 0.5) is 4.39 Å². The van der Waals surface area contributed by atoms with Gasteiger partial charge in [-0.25, -0.2) is 4.39 Å². The third-order valence-electron chi connectivity index (χ3n) is 3.99. The predicted molar refractivity (Wildman–Crippen MR) is 83.1 cm³/mol. The van der Waals surface area contributed by atoms with Crippen molar-refractivity contribution in [3.8, 4) is 5.75 Å². The molecule has 0 unspecified atom stereocenters. The van der Waals surface area contributed by atoms with E-state index in [-0.39, 0.29) is 17.5 Å². The van der Waals surface area contributed by atoms with Crippen LogP contribution in [0, 0.1) is 5.82 Å². The minimum atomic E-state index is -0.816. The van der Waals surface area contributed by atoms with E-state index in [4.69, 9.17) is 22.1 Å². The topological polar surface area (TPSA) is 48.1 Å². The number of nitrogens with two attached hydrogens (primary N) is 1. The van der Waals surface area contributed by atoms with Gasteiger partial charge in [0.15, 0.2) is 5.60 Å². The van der Waals surface area contributed by atoms with Crippen LogP contribution in [0.2, 0.25) is 5.02 Å². The fourth-order valence-corrected chi connectivity index (χ4v) is 3.69. The van der Waals surface area contributed by atoms with Gasteiger partial charge in [-0.1, -0.05) is 24.6 Å². The minimum Gasteiger partial charge on any atom is -0.479 e. The summed E-state index contributed by atoms with van der Waals surface area (Å²) in [6.45, 7) is 2.21. The van der Waals surface area contributed by atoms with Crippen LogP contribution in [0.15, 0.2) is 34.9 Å². The highest BCUT2D eigenvalue weighted by molar-refractivity contribution is 9.10. The van der Waals surface area contributed by atoms with E-state index in [9.17, 15) is 4.39 Å². The highest BCUT2D eigenvalue weighted by Gasteiger charge is 2.49. The van der Waals surface area contributed by atoms with Gasteiger partial charge in [0.05, 0.1) is 10.7 Å². The summed E-state index contributed by atoms with van der Waals surface area (Å²) in [4.78, 5) is 4.36. The summed E-state index contributed by atoms with van der Waals surface area (Å²) < 4.78 is 20.4.